The van der Waals surface area contributed by atoms with Crippen LogP contribution in [0.25, 0.3) is 0 Å². The van der Waals surface area contributed by atoms with Crippen LogP contribution in [0.3, 0.4) is 0 Å². The van der Waals surface area contributed by atoms with Gasteiger partial charge in [0.15, 0.2) is 0 Å². The monoisotopic (exact) mass is 356 g/mol. The molecule has 0 radical (unpaired) electrons. The summed E-state index contributed by atoms with van der Waals surface area (Å²) < 4.78 is 0. The van der Waals surface area contributed by atoms with E-state index in [1.165, 1.54) is 0 Å². The molecule has 1 saturated carbocycles. The fourth-order valence-electron chi connectivity index (χ4n) is 4.36. The number of anilines is 1. The SMILES string of the molecule is CCN1CC2(CCCN(c3cc(C(=O)NC4CC4)ccn3)C2)CCC1=O. The minimum atomic E-state index is 0.00305. The maximum Gasteiger partial charge on any atom is 0.251 e. The highest BCUT2D eigenvalue weighted by Gasteiger charge is 2.41. The lowest BCUT2D eigenvalue weighted by atomic mass is 9.73. The van der Waals surface area contributed by atoms with Crippen molar-refractivity contribution in [2.24, 2.45) is 5.41 Å². The van der Waals surface area contributed by atoms with Gasteiger partial charge in [0.25, 0.3) is 5.91 Å². The Bertz CT molecular complexity index is 703. The molecule has 0 bridgehead atoms. The van der Waals surface area contributed by atoms with Crippen molar-refractivity contribution in [2.45, 2.75) is 51.5 Å². The van der Waals surface area contributed by atoms with E-state index in [4.69, 9.17) is 0 Å². The number of hydrogen-bond acceptors (Lipinski definition) is 4. The molecular formula is C20H28N4O2. The van der Waals surface area contributed by atoms with Crippen LogP contribution in [0.4, 0.5) is 5.82 Å². The number of piperidine rings is 2. The summed E-state index contributed by atoms with van der Waals surface area (Å²) in [6, 6.07) is 4.07. The van der Waals surface area contributed by atoms with Gasteiger partial charge in [0.2, 0.25) is 5.91 Å². The van der Waals surface area contributed by atoms with Crippen molar-refractivity contribution >= 4 is 17.6 Å². The molecule has 1 unspecified atom stereocenters. The number of hydrogen-bond donors (Lipinski definition) is 1. The molecule has 2 amide bonds. The molecule has 3 aliphatic rings. The summed E-state index contributed by atoms with van der Waals surface area (Å²) in [6.07, 6.45) is 7.79. The number of pyridine rings is 1. The van der Waals surface area contributed by atoms with Crippen LogP contribution in [0, 0.1) is 5.41 Å². The Morgan fingerprint density at radius 1 is 1.35 bits per heavy atom. The van der Waals surface area contributed by atoms with E-state index in [0.717, 1.165) is 64.1 Å². The summed E-state index contributed by atoms with van der Waals surface area (Å²) in [7, 11) is 0. The fourth-order valence-corrected chi connectivity index (χ4v) is 4.36. The largest absolute Gasteiger partial charge is 0.356 e. The highest BCUT2D eigenvalue weighted by Crippen LogP contribution is 2.39. The Morgan fingerprint density at radius 2 is 2.19 bits per heavy atom. The number of amides is 2. The standard InChI is InChI=1S/C20H28N4O2/c1-2-23-13-20(9-6-18(23)25)8-3-11-24(14-20)17-12-15(7-10-21-17)19(26)22-16-4-5-16/h7,10,12,16H,2-6,8-9,11,13-14H2,1H3,(H,22,26). The first-order valence-electron chi connectivity index (χ1n) is 9.88. The summed E-state index contributed by atoms with van der Waals surface area (Å²) in [5.41, 5.74) is 0.853. The van der Waals surface area contributed by atoms with Gasteiger partial charge in [-0.15, -0.1) is 0 Å². The topological polar surface area (TPSA) is 65.5 Å². The molecule has 1 aromatic heterocycles. The highest BCUT2D eigenvalue weighted by atomic mass is 16.2. The van der Waals surface area contributed by atoms with Crippen molar-refractivity contribution in [2.75, 3.05) is 31.1 Å². The van der Waals surface area contributed by atoms with E-state index in [0.29, 0.717) is 18.0 Å². The Labute approximate surface area is 155 Å². The Morgan fingerprint density at radius 3 is 2.96 bits per heavy atom. The highest BCUT2D eigenvalue weighted by molar-refractivity contribution is 5.95. The molecule has 3 heterocycles. The van der Waals surface area contributed by atoms with Crippen LogP contribution in [0.15, 0.2) is 18.3 Å². The summed E-state index contributed by atoms with van der Waals surface area (Å²) in [4.78, 5) is 33.3. The Balaban J connectivity index is 1.49. The molecular weight excluding hydrogens is 328 g/mol. The summed E-state index contributed by atoms with van der Waals surface area (Å²) >= 11 is 0. The quantitative estimate of drug-likeness (QED) is 0.898. The van der Waals surface area contributed by atoms with E-state index in [1.807, 2.05) is 11.0 Å². The first-order chi connectivity index (χ1) is 12.6. The smallest absolute Gasteiger partial charge is 0.251 e. The van der Waals surface area contributed by atoms with Crippen molar-refractivity contribution < 1.29 is 9.59 Å². The van der Waals surface area contributed by atoms with E-state index in [-0.39, 0.29) is 17.2 Å². The number of carbonyl (C=O) groups is 2. The first kappa shape index (κ1) is 17.3. The predicted octanol–water partition coefficient (Wildman–Crippen LogP) is 2.20. The van der Waals surface area contributed by atoms with Crippen LogP contribution in [0.5, 0.6) is 0 Å². The third-order valence-corrected chi connectivity index (χ3v) is 6.04. The van der Waals surface area contributed by atoms with Gasteiger partial charge >= 0.3 is 0 Å². The Hall–Kier alpha value is -2.11. The van der Waals surface area contributed by atoms with Gasteiger partial charge in [0, 0.05) is 55.8 Å². The molecule has 0 aromatic carbocycles. The minimum Gasteiger partial charge on any atom is -0.356 e. The van der Waals surface area contributed by atoms with Gasteiger partial charge in [-0.05, 0) is 51.2 Å². The van der Waals surface area contributed by atoms with Gasteiger partial charge in [-0.3, -0.25) is 9.59 Å². The van der Waals surface area contributed by atoms with E-state index < -0.39 is 0 Å². The summed E-state index contributed by atoms with van der Waals surface area (Å²) in [5, 5.41) is 3.05. The second-order valence-electron chi connectivity index (χ2n) is 8.08. The molecule has 1 spiro atoms. The number of rotatable bonds is 4. The van der Waals surface area contributed by atoms with Gasteiger partial charge in [0.1, 0.15) is 5.82 Å². The third kappa shape index (κ3) is 3.55. The lowest BCUT2D eigenvalue weighted by molar-refractivity contribution is -0.137. The average Bonchev–Trinajstić information content (AvgIpc) is 3.48. The fraction of sp³-hybridized carbons (Fsp3) is 0.650. The van der Waals surface area contributed by atoms with Crippen LogP contribution < -0.4 is 10.2 Å². The molecule has 1 aliphatic carbocycles. The van der Waals surface area contributed by atoms with E-state index in [1.54, 1.807) is 12.3 Å². The second kappa shape index (κ2) is 6.89. The van der Waals surface area contributed by atoms with E-state index in [9.17, 15) is 9.59 Å². The minimum absolute atomic E-state index is 0.00305. The number of aromatic nitrogens is 1. The average molecular weight is 356 g/mol. The van der Waals surface area contributed by atoms with Crippen LogP contribution in [0.2, 0.25) is 0 Å². The van der Waals surface area contributed by atoms with Crippen LogP contribution in [0.1, 0.15) is 55.8 Å². The van der Waals surface area contributed by atoms with Crippen molar-refractivity contribution in [3.05, 3.63) is 23.9 Å². The molecule has 2 aliphatic heterocycles. The molecule has 6 nitrogen and oxygen atoms in total. The lowest BCUT2D eigenvalue weighted by Gasteiger charge is -2.48. The van der Waals surface area contributed by atoms with E-state index >= 15 is 0 Å². The van der Waals surface area contributed by atoms with Gasteiger partial charge in [-0.25, -0.2) is 4.98 Å². The molecule has 2 saturated heterocycles. The Kier molecular flexibility index (Phi) is 4.59. The van der Waals surface area contributed by atoms with Crippen molar-refractivity contribution in [1.82, 2.24) is 15.2 Å². The van der Waals surface area contributed by atoms with Crippen molar-refractivity contribution in [3.63, 3.8) is 0 Å². The van der Waals surface area contributed by atoms with Gasteiger partial charge < -0.3 is 15.1 Å². The number of likely N-dealkylation sites (tertiary alicyclic amines) is 1. The molecule has 3 fully saturated rings. The van der Waals surface area contributed by atoms with Crippen molar-refractivity contribution in [1.29, 1.82) is 0 Å². The third-order valence-electron chi connectivity index (χ3n) is 6.04. The molecule has 1 aromatic rings. The first-order valence-corrected chi connectivity index (χ1v) is 9.88. The normalized spacial score (nSPS) is 26.3. The number of nitrogens with zero attached hydrogens (tertiary/aromatic N) is 3. The molecule has 1 N–H and O–H groups in total. The maximum atomic E-state index is 12.3. The maximum absolute atomic E-state index is 12.3. The predicted molar refractivity (Wildman–Crippen MR) is 100 cm³/mol. The molecule has 140 valence electrons. The zero-order chi connectivity index (χ0) is 18.1. The van der Waals surface area contributed by atoms with Crippen LogP contribution in [-0.4, -0.2) is 53.9 Å². The van der Waals surface area contributed by atoms with Gasteiger partial charge in [-0.2, -0.15) is 0 Å². The zero-order valence-corrected chi connectivity index (χ0v) is 15.5. The molecule has 6 heteroatoms. The molecule has 1 atom stereocenters. The summed E-state index contributed by atoms with van der Waals surface area (Å²) in [5.74, 6) is 1.17. The van der Waals surface area contributed by atoms with Gasteiger partial charge in [-0.1, -0.05) is 0 Å². The number of nitrogens with one attached hydrogen (secondary N) is 1. The molecule has 26 heavy (non-hydrogen) atoms. The number of carbonyl (C=O) groups excluding carboxylic acids is 2. The zero-order valence-electron chi connectivity index (χ0n) is 15.5. The van der Waals surface area contributed by atoms with Crippen molar-refractivity contribution in [3.8, 4) is 0 Å². The lowest BCUT2D eigenvalue weighted by Crippen LogP contribution is -2.54. The van der Waals surface area contributed by atoms with Crippen LogP contribution in [-0.2, 0) is 4.79 Å². The van der Waals surface area contributed by atoms with Gasteiger partial charge in [0.05, 0.1) is 0 Å². The second-order valence-corrected chi connectivity index (χ2v) is 8.08. The summed E-state index contributed by atoms with van der Waals surface area (Å²) in [6.45, 7) is 5.57. The van der Waals surface area contributed by atoms with Crippen LogP contribution >= 0.6 is 0 Å². The molecule has 4 rings (SSSR count). The van der Waals surface area contributed by atoms with E-state index in [2.05, 4.69) is 22.1 Å².